The van der Waals surface area contributed by atoms with Gasteiger partial charge in [0.15, 0.2) is 0 Å². The number of halogens is 3. The monoisotopic (exact) mass is 257 g/mol. The van der Waals surface area contributed by atoms with Gasteiger partial charge in [-0.15, -0.1) is 12.4 Å². The molecule has 1 heterocycles. The Hall–Kier alpha value is 0.370. The Morgan fingerprint density at radius 2 is 2.00 bits per heavy atom. The van der Waals surface area contributed by atoms with Crippen molar-refractivity contribution in [3.8, 4) is 0 Å². The Kier molecular flexibility index (Phi) is 6.96. The van der Waals surface area contributed by atoms with Crippen LogP contribution >= 0.6 is 48.2 Å². The second-order valence-electron chi connectivity index (χ2n) is 2.41. The van der Waals surface area contributed by atoms with Crippen molar-refractivity contribution in [2.75, 3.05) is 5.75 Å². The predicted molar refractivity (Wildman–Crippen MR) is 63.7 cm³/mol. The van der Waals surface area contributed by atoms with E-state index in [4.69, 9.17) is 23.2 Å². The Labute approximate surface area is 99.7 Å². The van der Waals surface area contributed by atoms with E-state index in [9.17, 15) is 0 Å². The number of thiol groups is 1. The third kappa shape index (κ3) is 4.41. The molecule has 0 aliphatic heterocycles. The molecule has 74 valence electrons. The average Bonchev–Trinajstić information content (AvgIpc) is 2.03. The molecule has 13 heavy (non-hydrogen) atoms. The van der Waals surface area contributed by atoms with E-state index in [-0.39, 0.29) is 12.4 Å². The molecule has 0 unspecified atom stereocenters. The molecule has 1 rings (SSSR count). The van der Waals surface area contributed by atoms with Crippen molar-refractivity contribution in [1.29, 1.82) is 0 Å². The SMILES string of the molecule is Cl.SCCCc1ccc(Cl)nc1Cl. The molecule has 0 aliphatic carbocycles. The summed E-state index contributed by atoms with van der Waals surface area (Å²) in [5.74, 6) is 0.860. The van der Waals surface area contributed by atoms with Crippen LogP contribution in [-0.4, -0.2) is 10.7 Å². The summed E-state index contributed by atoms with van der Waals surface area (Å²) in [6, 6.07) is 3.66. The maximum atomic E-state index is 5.84. The van der Waals surface area contributed by atoms with Gasteiger partial charge in [0.05, 0.1) is 0 Å². The number of hydrogen-bond acceptors (Lipinski definition) is 2. The summed E-state index contributed by atoms with van der Waals surface area (Å²) in [5.41, 5.74) is 1.04. The van der Waals surface area contributed by atoms with Crippen LogP contribution in [0, 0.1) is 0 Å². The molecule has 0 fully saturated rings. The van der Waals surface area contributed by atoms with Gasteiger partial charge in [-0.25, -0.2) is 4.98 Å². The summed E-state index contributed by atoms with van der Waals surface area (Å²) < 4.78 is 0. The lowest BCUT2D eigenvalue weighted by Crippen LogP contribution is -1.90. The van der Waals surface area contributed by atoms with E-state index in [2.05, 4.69) is 17.6 Å². The fourth-order valence-corrected chi connectivity index (χ4v) is 1.49. The summed E-state index contributed by atoms with van der Waals surface area (Å²) in [6.45, 7) is 0. The highest BCUT2D eigenvalue weighted by Gasteiger charge is 2.01. The number of aryl methyl sites for hydroxylation is 1. The molecule has 1 nitrogen and oxygen atoms in total. The first kappa shape index (κ1) is 13.4. The van der Waals surface area contributed by atoms with Gasteiger partial charge in [-0.2, -0.15) is 12.6 Å². The average molecular weight is 259 g/mol. The number of pyridine rings is 1. The number of hydrogen-bond donors (Lipinski definition) is 1. The Morgan fingerprint density at radius 3 is 2.54 bits per heavy atom. The largest absolute Gasteiger partial charge is 0.224 e. The van der Waals surface area contributed by atoms with Gasteiger partial charge in [-0.05, 0) is 30.2 Å². The summed E-state index contributed by atoms with van der Waals surface area (Å²) in [7, 11) is 0. The van der Waals surface area contributed by atoms with Gasteiger partial charge < -0.3 is 0 Å². The third-order valence-corrected chi connectivity index (χ3v) is 2.35. The van der Waals surface area contributed by atoms with E-state index in [1.165, 1.54) is 0 Å². The summed E-state index contributed by atoms with van der Waals surface area (Å²) in [6.07, 6.45) is 1.92. The van der Waals surface area contributed by atoms with Crippen LogP contribution in [0.5, 0.6) is 0 Å². The van der Waals surface area contributed by atoms with E-state index in [0.717, 1.165) is 24.2 Å². The van der Waals surface area contributed by atoms with Gasteiger partial charge in [0.2, 0.25) is 0 Å². The molecule has 0 N–H and O–H groups in total. The summed E-state index contributed by atoms with van der Waals surface area (Å²) in [5, 5.41) is 0.943. The third-order valence-electron chi connectivity index (χ3n) is 1.50. The zero-order valence-corrected chi connectivity index (χ0v) is 10.1. The van der Waals surface area contributed by atoms with Crippen molar-refractivity contribution in [3.63, 3.8) is 0 Å². The first-order valence-corrected chi connectivity index (χ1v) is 5.04. The van der Waals surface area contributed by atoms with E-state index in [1.807, 2.05) is 6.07 Å². The first-order valence-electron chi connectivity index (χ1n) is 3.66. The molecule has 0 radical (unpaired) electrons. The Balaban J connectivity index is 0.00000144. The van der Waals surface area contributed by atoms with Crippen LogP contribution in [0.1, 0.15) is 12.0 Å². The Morgan fingerprint density at radius 1 is 1.31 bits per heavy atom. The maximum Gasteiger partial charge on any atom is 0.134 e. The summed E-state index contributed by atoms with van der Waals surface area (Å²) >= 11 is 15.6. The van der Waals surface area contributed by atoms with Gasteiger partial charge in [0, 0.05) is 0 Å². The maximum absolute atomic E-state index is 5.84. The number of nitrogens with zero attached hydrogens (tertiary/aromatic N) is 1. The first-order chi connectivity index (χ1) is 5.74. The van der Waals surface area contributed by atoms with E-state index >= 15 is 0 Å². The van der Waals surface area contributed by atoms with Gasteiger partial charge >= 0.3 is 0 Å². The standard InChI is InChI=1S/C8H9Cl2NS.ClH/c9-7-4-3-6(2-1-5-12)8(10)11-7;/h3-4,12H,1-2,5H2;1H. The molecule has 0 amide bonds. The van der Waals surface area contributed by atoms with Crippen LogP contribution in [-0.2, 0) is 6.42 Å². The molecule has 0 aromatic carbocycles. The molecule has 0 atom stereocenters. The highest BCUT2D eigenvalue weighted by molar-refractivity contribution is 7.80. The molecule has 0 spiro atoms. The number of aromatic nitrogens is 1. The van der Waals surface area contributed by atoms with Crippen molar-refractivity contribution in [1.82, 2.24) is 4.98 Å². The van der Waals surface area contributed by atoms with Crippen molar-refractivity contribution in [2.24, 2.45) is 0 Å². The van der Waals surface area contributed by atoms with Crippen LogP contribution in [0.2, 0.25) is 10.3 Å². The Bertz CT molecular complexity index is 268. The van der Waals surface area contributed by atoms with E-state index in [1.54, 1.807) is 6.07 Å². The van der Waals surface area contributed by atoms with Crippen molar-refractivity contribution in [2.45, 2.75) is 12.8 Å². The van der Waals surface area contributed by atoms with Gasteiger partial charge in [0.1, 0.15) is 10.3 Å². The lowest BCUT2D eigenvalue weighted by atomic mass is 10.2. The molecule has 5 heteroatoms. The fraction of sp³-hybridized carbons (Fsp3) is 0.375. The minimum Gasteiger partial charge on any atom is -0.224 e. The highest BCUT2D eigenvalue weighted by atomic mass is 35.5. The quantitative estimate of drug-likeness (QED) is 0.645. The number of rotatable bonds is 3. The zero-order valence-electron chi connectivity index (χ0n) is 6.83. The van der Waals surface area contributed by atoms with E-state index < -0.39 is 0 Å². The fourth-order valence-electron chi connectivity index (χ4n) is 0.897. The van der Waals surface area contributed by atoms with Crippen molar-refractivity contribution in [3.05, 3.63) is 28.0 Å². The second-order valence-corrected chi connectivity index (χ2v) is 3.60. The lowest BCUT2D eigenvalue weighted by molar-refractivity contribution is 0.927. The molecule has 0 saturated carbocycles. The minimum atomic E-state index is 0. The van der Waals surface area contributed by atoms with Crippen molar-refractivity contribution < 1.29 is 0 Å². The minimum absolute atomic E-state index is 0. The van der Waals surface area contributed by atoms with Gasteiger partial charge in [0.25, 0.3) is 0 Å². The van der Waals surface area contributed by atoms with Crippen LogP contribution in [0.25, 0.3) is 0 Å². The molecule has 1 aromatic rings. The van der Waals surface area contributed by atoms with Crippen LogP contribution < -0.4 is 0 Å². The molecule has 0 aliphatic rings. The lowest BCUT2D eigenvalue weighted by Gasteiger charge is -2.01. The molecule has 0 bridgehead atoms. The van der Waals surface area contributed by atoms with Crippen molar-refractivity contribution >= 4 is 48.2 Å². The topological polar surface area (TPSA) is 12.9 Å². The zero-order chi connectivity index (χ0) is 8.97. The summed E-state index contributed by atoms with van der Waals surface area (Å²) in [4.78, 5) is 3.93. The molecule has 0 saturated heterocycles. The second kappa shape index (κ2) is 6.77. The van der Waals surface area contributed by atoms with Gasteiger partial charge in [-0.3, -0.25) is 0 Å². The highest BCUT2D eigenvalue weighted by Crippen LogP contribution is 2.17. The van der Waals surface area contributed by atoms with Crippen LogP contribution in [0.3, 0.4) is 0 Å². The molecule has 1 aromatic heterocycles. The van der Waals surface area contributed by atoms with Gasteiger partial charge in [-0.1, -0.05) is 29.3 Å². The van der Waals surface area contributed by atoms with Crippen LogP contribution in [0.15, 0.2) is 12.1 Å². The molecular formula is C8H10Cl3NS. The van der Waals surface area contributed by atoms with Crippen LogP contribution in [0.4, 0.5) is 0 Å². The predicted octanol–water partition coefficient (Wildman–Crippen LogP) is 3.67. The van der Waals surface area contributed by atoms with E-state index in [0.29, 0.717) is 10.3 Å². The normalized spacial score (nSPS) is 9.46. The molecular weight excluding hydrogens is 249 g/mol. The smallest absolute Gasteiger partial charge is 0.134 e.